The molecular formula is C25H27FN4O4. The number of nitrogens with zero attached hydrogens (tertiary/aromatic N) is 3. The van der Waals surface area contributed by atoms with Gasteiger partial charge < -0.3 is 14.9 Å². The summed E-state index contributed by atoms with van der Waals surface area (Å²) in [4.78, 5) is 42.7. The molecule has 3 aliphatic rings. The Balaban J connectivity index is 1.31. The standard InChI is InChI=1S/C25H27FN4O4/c1-15-2-3-16(22(31)10-15)13-28-6-8-29(9-7-28)21-12-17(26)11-18-19(21)14-30(25(18)34)20-4-5-23(32)27-24(20)33/h2-3,10-12,20,31H,4-9,13-14H2,1H3,(H,27,32,33). The number of nitrogens with one attached hydrogen (secondary N) is 1. The number of carbonyl (C=O) groups is 3. The highest BCUT2D eigenvalue weighted by molar-refractivity contribution is 6.06. The van der Waals surface area contributed by atoms with Gasteiger partial charge in [-0.3, -0.25) is 24.6 Å². The molecule has 2 N–H and O–H groups in total. The quantitative estimate of drug-likeness (QED) is 0.669. The number of piperidine rings is 1. The van der Waals surface area contributed by atoms with Crippen LogP contribution in [0.1, 0.15) is 39.9 Å². The molecule has 8 nitrogen and oxygen atoms in total. The largest absolute Gasteiger partial charge is 0.508 e. The Morgan fingerprint density at radius 1 is 1.09 bits per heavy atom. The summed E-state index contributed by atoms with van der Waals surface area (Å²) in [6.45, 7) is 5.53. The summed E-state index contributed by atoms with van der Waals surface area (Å²) < 4.78 is 14.5. The third-order valence-corrected chi connectivity index (χ3v) is 6.94. The van der Waals surface area contributed by atoms with Gasteiger partial charge in [-0.15, -0.1) is 0 Å². The number of piperazine rings is 1. The summed E-state index contributed by atoms with van der Waals surface area (Å²) in [6, 6.07) is 7.64. The molecule has 0 aromatic heterocycles. The molecule has 0 bridgehead atoms. The SMILES string of the molecule is Cc1ccc(CN2CCN(c3cc(F)cc4c3CN(C3CCC(=O)NC3=O)C4=O)CC2)c(O)c1. The van der Waals surface area contributed by atoms with Crippen LogP contribution >= 0.6 is 0 Å². The monoisotopic (exact) mass is 466 g/mol. The first-order valence-corrected chi connectivity index (χ1v) is 11.5. The fourth-order valence-corrected chi connectivity index (χ4v) is 5.08. The number of aromatic hydroxyl groups is 1. The van der Waals surface area contributed by atoms with E-state index < -0.39 is 17.8 Å². The second-order valence-electron chi connectivity index (χ2n) is 9.25. The number of aryl methyl sites for hydroxylation is 1. The average Bonchev–Trinajstić information content (AvgIpc) is 3.12. The first-order chi connectivity index (χ1) is 16.3. The zero-order chi connectivity index (χ0) is 24.0. The summed E-state index contributed by atoms with van der Waals surface area (Å²) in [5.41, 5.74) is 3.56. The number of amides is 3. The van der Waals surface area contributed by atoms with Crippen LogP contribution in [-0.2, 0) is 22.7 Å². The number of fused-ring (bicyclic) bond motifs is 1. The molecule has 3 aliphatic heterocycles. The van der Waals surface area contributed by atoms with Crippen molar-refractivity contribution in [1.29, 1.82) is 0 Å². The number of anilines is 1. The normalized spacial score (nSPS) is 21.1. The number of halogens is 1. The predicted molar refractivity (Wildman–Crippen MR) is 123 cm³/mol. The van der Waals surface area contributed by atoms with E-state index in [1.807, 2.05) is 19.1 Å². The average molecular weight is 467 g/mol. The van der Waals surface area contributed by atoms with Crippen LogP contribution in [0.15, 0.2) is 30.3 Å². The van der Waals surface area contributed by atoms with Crippen LogP contribution in [0.2, 0.25) is 0 Å². The molecule has 3 amide bonds. The molecule has 0 spiro atoms. The lowest BCUT2D eigenvalue weighted by atomic mass is 10.0. The minimum atomic E-state index is -0.729. The molecule has 178 valence electrons. The van der Waals surface area contributed by atoms with E-state index in [4.69, 9.17) is 0 Å². The van der Waals surface area contributed by atoms with Gasteiger partial charge in [0.1, 0.15) is 17.6 Å². The Bertz CT molecular complexity index is 1180. The van der Waals surface area contributed by atoms with Gasteiger partial charge in [-0.25, -0.2) is 4.39 Å². The molecule has 9 heteroatoms. The fourth-order valence-electron chi connectivity index (χ4n) is 5.08. The number of carbonyl (C=O) groups excluding carboxylic acids is 3. The van der Waals surface area contributed by atoms with E-state index in [0.717, 1.165) is 29.8 Å². The molecule has 0 saturated carbocycles. The summed E-state index contributed by atoms with van der Waals surface area (Å²) in [5.74, 6) is -1.39. The van der Waals surface area contributed by atoms with E-state index in [2.05, 4.69) is 15.1 Å². The fraction of sp³-hybridized carbons (Fsp3) is 0.400. The van der Waals surface area contributed by atoms with Crippen LogP contribution in [-0.4, -0.2) is 64.8 Å². The summed E-state index contributed by atoms with van der Waals surface area (Å²) >= 11 is 0. The van der Waals surface area contributed by atoms with E-state index in [0.29, 0.717) is 25.3 Å². The van der Waals surface area contributed by atoms with Crippen LogP contribution in [0.4, 0.5) is 10.1 Å². The molecule has 5 rings (SSSR count). The molecule has 3 heterocycles. The zero-order valence-electron chi connectivity index (χ0n) is 19.0. The van der Waals surface area contributed by atoms with E-state index in [1.54, 1.807) is 6.07 Å². The first kappa shape index (κ1) is 22.3. The van der Waals surface area contributed by atoms with Gasteiger partial charge in [-0.1, -0.05) is 12.1 Å². The molecule has 0 radical (unpaired) electrons. The number of hydrogen-bond acceptors (Lipinski definition) is 6. The first-order valence-electron chi connectivity index (χ1n) is 11.5. The third-order valence-electron chi connectivity index (χ3n) is 6.94. The maximum atomic E-state index is 14.5. The molecule has 1 unspecified atom stereocenters. The molecule has 0 aliphatic carbocycles. The van der Waals surface area contributed by atoms with Gasteiger partial charge >= 0.3 is 0 Å². The number of benzene rings is 2. The molecule has 34 heavy (non-hydrogen) atoms. The van der Waals surface area contributed by atoms with E-state index in [-0.39, 0.29) is 42.5 Å². The van der Waals surface area contributed by atoms with Crippen molar-refractivity contribution in [1.82, 2.24) is 15.1 Å². The number of phenolic OH excluding ortho intramolecular Hbond substituents is 1. The molecule has 2 fully saturated rings. The predicted octanol–water partition coefficient (Wildman–Crippen LogP) is 1.92. The Hall–Kier alpha value is -3.46. The number of phenols is 1. The van der Waals surface area contributed by atoms with E-state index in [9.17, 15) is 23.9 Å². The minimum Gasteiger partial charge on any atom is -0.508 e. The van der Waals surface area contributed by atoms with Crippen molar-refractivity contribution in [3.63, 3.8) is 0 Å². The second kappa shape index (κ2) is 8.72. The van der Waals surface area contributed by atoms with Gasteiger partial charge in [0.25, 0.3) is 5.91 Å². The summed E-state index contributed by atoms with van der Waals surface area (Å²) in [6.07, 6.45) is 0.447. The van der Waals surface area contributed by atoms with Gasteiger partial charge in [-0.05, 0) is 37.1 Å². The van der Waals surface area contributed by atoms with Crippen molar-refractivity contribution in [3.05, 3.63) is 58.4 Å². The third kappa shape index (κ3) is 4.11. The van der Waals surface area contributed by atoms with Crippen LogP contribution < -0.4 is 10.2 Å². The highest BCUT2D eigenvalue weighted by Gasteiger charge is 2.41. The zero-order valence-corrected chi connectivity index (χ0v) is 19.0. The minimum absolute atomic E-state index is 0.177. The van der Waals surface area contributed by atoms with E-state index in [1.165, 1.54) is 17.0 Å². The molecule has 2 saturated heterocycles. The Morgan fingerprint density at radius 3 is 2.56 bits per heavy atom. The van der Waals surface area contributed by atoms with E-state index >= 15 is 0 Å². The van der Waals surface area contributed by atoms with Crippen LogP contribution in [0.5, 0.6) is 5.75 Å². The number of imide groups is 1. The molecule has 2 aromatic rings. The van der Waals surface area contributed by atoms with Gasteiger partial charge in [0.2, 0.25) is 11.8 Å². The number of rotatable bonds is 4. The summed E-state index contributed by atoms with van der Waals surface area (Å²) in [5, 5.41) is 12.5. The van der Waals surface area contributed by atoms with Crippen molar-refractivity contribution in [2.45, 2.75) is 38.9 Å². The highest BCUT2D eigenvalue weighted by atomic mass is 19.1. The van der Waals surface area contributed by atoms with Gasteiger partial charge in [0.05, 0.1) is 0 Å². The van der Waals surface area contributed by atoms with Gasteiger partial charge in [0.15, 0.2) is 0 Å². The maximum Gasteiger partial charge on any atom is 0.255 e. The van der Waals surface area contributed by atoms with Crippen molar-refractivity contribution < 1.29 is 23.9 Å². The van der Waals surface area contributed by atoms with Crippen LogP contribution in [0.25, 0.3) is 0 Å². The van der Waals surface area contributed by atoms with Gasteiger partial charge in [0, 0.05) is 68.1 Å². The lowest BCUT2D eigenvalue weighted by Gasteiger charge is -2.37. The smallest absolute Gasteiger partial charge is 0.255 e. The summed E-state index contributed by atoms with van der Waals surface area (Å²) in [7, 11) is 0. The maximum absolute atomic E-state index is 14.5. The van der Waals surface area contributed by atoms with Gasteiger partial charge in [-0.2, -0.15) is 0 Å². The highest BCUT2D eigenvalue weighted by Crippen LogP contribution is 2.35. The number of hydrogen-bond donors (Lipinski definition) is 2. The Kier molecular flexibility index (Phi) is 5.73. The Labute approximate surface area is 196 Å². The van der Waals surface area contributed by atoms with Crippen molar-refractivity contribution in [3.8, 4) is 5.75 Å². The van der Waals surface area contributed by atoms with Crippen LogP contribution in [0, 0.1) is 12.7 Å². The van der Waals surface area contributed by atoms with Crippen molar-refractivity contribution >= 4 is 23.4 Å². The molecule has 1 atom stereocenters. The lowest BCUT2D eigenvalue weighted by molar-refractivity contribution is -0.136. The Morgan fingerprint density at radius 2 is 1.85 bits per heavy atom. The molecular weight excluding hydrogens is 439 g/mol. The molecule has 2 aromatic carbocycles. The lowest BCUT2D eigenvalue weighted by Crippen LogP contribution is -2.52. The topological polar surface area (TPSA) is 93.2 Å². The van der Waals surface area contributed by atoms with Crippen molar-refractivity contribution in [2.75, 3.05) is 31.1 Å². The second-order valence-corrected chi connectivity index (χ2v) is 9.25. The van der Waals surface area contributed by atoms with Crippen LogP contribution in [0.3, 0.4) is 0 Å². The van der Waals surface area contributed by atoms with Crippen molar-refractivity contribution in [2.24, 2.45) is 0 Å².